The monoisotopic (exact) mass is 184 g/mol. The average Bonchev–Trinajstić information content (AvgIpc) is 1.80. The molecule has 0 amide bonds. The number of rotatable bonds is 5. The molecule has 0 bridgehead atoms. The van der Waals surface area contributed by atoms with Crippen LogP contribution in [0.3, 0.4) is 0 Å². The fourth-order valence-electron chi connectivity index (χ4n) is 0.520. The lowest BCUT2D eigenvalue weighted by molar-refractivity contribution is 0.823. The zero-order chi connectivity index (χ0) is 7.11. The zero-order valence-electron chi connectivity index (χ0n) is 5.32. The van der Waals surface area contributed by atoms with E-state index in [4.69, 9.17) is 22.5 Å². The molecule has 0 atom stereocenters. The van der Waals surface area contributed by atoms with E-state index in [0.29, 0.717) is 0 Å². The normalized spacial score (nSPS) is 10.1. The molecule has 9 heavy (non-hydrogen) atoms. The third-order valence-electron chi connectivity index (χ3n) is 0.985. The van der Waals surface area contributed by atoms with Crippen molar-refractivity contribution in [3.05, 3.63) is 12.7 Å². The maximum atomic E-state index is 5.56. The van der Waals surface area contributed by atoms with Crippen LogP contribution in [0, 0.1) is 0 Å². The van der Waals surface area contributed by atoms with Crippen LogP contribution in [0.25, 0.3) is 0 Å². The van der Waals surface area contributed by atoms with E-state index in [1.165, 1.54) is 6.42 Å². The van der Waals surface area contributed by atoms with Crippen LogP contribution in [0.5, 0.6) is 0 Å². The van der Waals surface area contributed by atoms with Gasteiger partial charge in [0, 0.05) is 0 Å². The summed E-state index contributed by atoms with van der Waals surface area (Å²) in [5, 5.41) is 0. The topological polar surface area (TPSA) is 0 Å². The van der Waals surface area contributed by atoms with Crippen LogP contribution in [-0.2, 0) is 0 Å². The standard InChI is InChI=1S/C6H11Cl2P/c1-2-3-4-5-6-9(7)8/h2H,1,3-6H2. The van der Waals surface area contributed by atoms with Gasteiger partial charge in [-0.05, 0) is 25.4 Å². The van der Waals surface area contributed by atoms with Crippen molar-refractivity contribution in [2.45, 2.75) is 19.3 Å². The first-order valence-electron chi connectivity index (χ1n) is 2.97. The van der Waals surface area contributed by atoms with Gasteiger partial charge in [-0.3, -0.25) is 0 Å². The third-order valence-corrected chi connectivity index (χ3v) is 2.65. The van der Waals surface area contributed by atoms with E-state index in [1.807, 2.05) is 6.08 Å². The molecule has 0 aliphatic rings. The molecule has 0 rings (SSSR count). The molecule has 0 saturated carbocycles. The molecule has 0 heterocycles. The Balaban J connectivity index is 2.82. The Bertz CT molecular complexity index is 73.5. The van der Waals surface area contributed by atoms with Crippen molar-refractivity contribution in [3.8, 4) is 0 Å². The van der Waals surface area contributed by atoms with Gasteiger partial charge in [-0.2, -0.15) is 0 Å². The highest BCUT2D eigenvalue weighted by molar-refractivity contribution is 8.03. The fourth-order valence-corrected chi connectivity index (χ4v) is 1.70. The van der Waals surface area contributed by atoms with Crippen molar-refractivity contribution in [2.75, 3.05) is 6.16 Å². The van der Waals surface area contributed by atoms with E-state index in [0.717, 1.165) is 19.0 Å². The second-order valence-corrected chi connectivity index (χ2v) is 5.83. The molecule has 3 heteroatoms. The number of unbranched alkanes of at least 4 members (excludes halogenated alkanes) is 2. The van der Waals surface area contributed by atoms with Gasteiger partial charge >= 0.3 is 0 Å². The predicted molar refractivity (Wildman–Crippen MR) is 47.5 cm³/mol. The molecule has 0 unspecified atom stereocenters. The molecule has 0 aliphatic carbocycles. The lowest BCUT2D eigenvalue weighted by atomic mass is 10.2. The molecular weight excluding hydrogens is 174 g/mol. The minimum absolute atomic E-state index is 0.707. The lowest BCUT2D eigenvalue weighted by Crippen LogP contribution is -1.75. The van der Waals surface area contributed by atoms with Crippen LogP contribution in [0.2, 0.25) is 0 Å². The molecule has 0 aromatic heterocycles. The van der Waals surface area contributed by atoms with Crippen molar-refractivity contribution in [1.29, 1.82) is 0 Å². The Labute approximate surface area is 67.6 Å². The summed E-state index contributed by atoms with van der Waals surface area (Å²) in [5.74, 6) is 0. The van der Waals surface area contributed by atoms with Crippen LogP contribution < -0.4 is 0 Å². The molecule has 0 saturated heterocycles. The third kappa shape index (κ3) is 8.75. The smallest absolute Gasteiger partial charge is 0.0854 e. The second-order valence-electron chi connectivity index (χ2n) is 1.81. The van der Waals surface area contributed by atoms with E-state index in [-0.39, 0.29) is 0 Å². The first-order valence-corrected chi connectivity index (χ1v) is 6.31. The highest BCUT2D eigenvalue weighted by Gasteiger charge is 1.95. The summed E-state index contributed by atoms with van der Waals surface area (Å²) in [7, 11) is 0. The Morgan fingerprint density at radius 3 is 2.44 bits per heavy atom. The van der Waals surface area contributed by atoms with Gasteiger partial charge in [-0.1, -0.05) is 28.6 Å². The number of halogens is 2. The van der Waals surface area contributed by atoms with Gasteiger partial charge < -0.3 is 0 Å². The van der Waals surface area contributed by atoms with E-state index < -0.39 is 6.63 Å². The maximum absolute atomic E-state index is 5.56. The molecule has 0 aliphatic heterocycles. The van der Waals surface area contributed by atoms with Gasteiger partial charge in [0.25, 0.3) is 0 Å². The number of hydrogen-bond donors (Lipinski definition) is 0. The van der Waals surface area contributed by atoms with Crippen molar-refractivity contribution < 1.29 is 0 Å². The molecular formula is C6H11Cl2P. The quantitative estimate of drug-likeness (QED) is 0.343. The lowest BCUT2D eigenvalue weighted by Gasteiger charge is -1.96. The maximum Gasteiger partial charge on any atom is 0.0854 e. The van der Waals surface area contributed by atoms with Gasteiger partial charge in [-0.15, -0.1) is 6.58 Å². The molecule has 0 spiro atoms. The van der Waals surface area contributed by atoms with E-state index in [1.54, 1.807) is 0 Å². The van der Waals surface area contributed by atoms with Gasteiger partial charge in [-0.25, -0.2) is 0 Å². The minimum Gasteiger partial charge on any atom is -0.103 e. The average molecular weight is 185 g/mol. The highest BCUT2D eigenvalue weighted by Crippen LogP contribution is 2.47. The molecule has 54 valence electrons. The zero-order valence-corrected chi connectivity index (χ0v) is 7.72. The summed E-state index contributed by atoms with van der Waals surface area (Å²) in [5.41, 5.74) is 0. The van der Waals surface area contributed by atoms with Crippen LogP contribution in [0.1, 0.15) is 19.3 Å². The van der Waals surface area contributed by atoms with Crippen LogP contribution in [0.4, 0.5) is 0 Å². The van der Waals surface area contributed by atoms with Gasteiger partial charge in [0.05, 0.1) is 6.63 Å². The van der Waals surface area contributed by atoms with Crippen LogP contribution in [-0.4, -0.2) is 6.16 Å². The van der Waals surface area contributed by atoms with Crippen LogP contribution >= 0.6 is 29.1 Å². The van der Waals surface area contributed by atoms with Gasteiger partial charge in [0.1, 0.15) is 0 Å². The SMILES string of the molecule is C=CCCCCP(Cl)Cl. The Morgan fingerprint density at radius 1 is 1.33 bits per heavy atom. The molecule has 0 radical (unpaired) electrons. The Morgan fingerprint density at radius 2 is 2.00 bits per heavy atom. The van der Waals surface area contributed by atoms with E-state index in [9.17, 15) is 0 Å². The Kier molecular flexibility index (Phi) is 7.44. The van der Waals surface area contributed by atoms with Crippen molar-refractivity contribution >= 4 is 29.1 Å². The molecule has 0 aromatic rings. The largest absolute Gasteiger partial charge is 0.103 e. The fraction of sp³-hybridized carbons (Fsp3) is 0.667. The van der Waals surface area contributed by atoms with E-state index >= 15 is 0 Å². The highest BCUT2D eigenvalue weighted by atomic mass is 35.9. The summed E-state index contributed by atoms with van der Waals surface area (Å²) in [6.45, 7) is 2.91. The first kappa shape index (κ1) is 9.75. The van der Waals surface area contributed by atoms with Gasteiger partial charge in [0.2, 0.25) is 0 Å². The summed E-state index contributed by atoms with van der Waals surface area (Å²) in [4.78, 5) is 0. The predicted octanol–water partition coefficient (Wildman–Crippen LogP) is 4.13. The van der Waals surface area contributed by atoms with E-state index in [2.05, 4.69) is 6.58 Å². The van der Waals surface area contributed by atoms with Crippen molar-refractivity contribution in [1.82, 2.24) is 0 Å². The second kappa shape index (κ2) is 6.86. The Hall–Kier alpha value is 0.750. The summed E-state index contributed by atoms with van der Waals surface area (Å²) >= 11 is 11.1. The number of hydrogen-bond acceptors (Lipinski definition) is 0. The molecule has 0 aromatic carbocycles. The van der Waals surface area contributed by atoms with Gasteiger partial charge in [0.15, 0.2) is 0 Å². The number of allylic oxidation sites excluding steroid dienone is 1. The van der Waals surface area contributed by atoms with Crippen molar-refractivity contribution in [2.24, 2.45) is 0 Å². The summed E-state index contributed by atoms with van der Waals surface area (Å²) in [6, 6.07) is 0. The molecule has 0 fully saturated rings. The minimum atomic E-state index is -0.707. The van der Waals surface area contributed by atoms with Crippen molar-refractivity contribution in [3.63, 3.8) is 0 Å². The molecule has 0 nitrogen and oxygen atoms in total. The first-order chi connectivity index (χ1) is 4.27. The molecule has 0 N–H and O–H groups in total. The van der Waals surface area contributed by atoms with Crippen LogP contribution in [0.15, 0.2) is 12.7 Å². The summed E-state index contributed by atoms with van der Waals surface area (Å²) in [6.07, 6.45) is 6.26. The summed E-state index contributed by atoms with van der Waals surface area (Å²) < 4.78 is 0.